The number of hydrazine groups is 1. The molecule has 2 rings (SSSR count). The van der Waals surface area contributed by atoms with Gasteiger partial charge >= 0.3 is 5.97 Å². The third kappa shape index (κ3) is 6.93. The third-order valence-corrected chi connectivity index (χ3v) is 3.91. The van der Waals surface area contributed by atoms with Gasteiger partial charge < -0.3 is 4.74 Å². The molecule has 0 aliphatic carbocycles. The number of carbonyl (C=O) groups is 3. The summed E-state index contributed by atoms with van der Waals surface area (Å²) in [6.07, 6.45) is 1.06. The molecule has 0 atom stereocenters. The molecule has 0 fully saturated rings. The van der Waals surface area contributed by atoms with E-state index in [4.69, 9.17) is 4.74 Å². The van der Waals surface area contributed by atoms with Crippen LogP contribution >= 0.6 is 0 Å². The summed E-state index contributed by atoms with van der Waals surface area (Å²) in [5.74, 6) is -0.970. The summed E-state index contributed by atoms with van der Waals surface area (Å²) in [4.78, 5) is 36.3. The van der Waals surface area contributed by atoms with Crippen molar-refractivity contribution in [1.82, 2.24) is 10.4 Å². The molecular formula is C21H24N2O4. The maximum absolute atomic E-state index is 12.6. The lowest BCUT2D eigenvalue weighted by molar-refractivity contribution is -0.146. The molecule has 0 aliphatic rings. The summed E-state index contributed by atoms with van der Waals surface area (Å²) in [5, 5.41) is 1.22. The van der Waals surface area contributed by atoms with E-state index in [0.29, 0.717) is 12.0 Å². The van der Waals surface area contributed by atoms with Crippen LogP contribution in [0, 0.1) is 0 Å². The molecule has 0 unspecified atom stereocenters. The minimum absolute atomic E-state index is 0.0266. The fraction of sp³-hybridized carbons (Fsp3) is 0.286. The standard InChI is InChI=1S/C21H24N2O4/c1-2-20(25)27-16-15-23(22-21(26)18-11-7-4-8-12-18)19(24)14-13-17-9-5-3-6-10-17/h3-12H,2,13-16H2,1H3,(H,22,26). The number of ether oxygens (including phenoxy) is 1. The summed E-state index contributed by atoms with van der Waals surface area (Å²) in [6.45, 7) is 1.82. The van der Waals surface area contributed by atoms with Crippen molar-refractivity contribution in [3.8, 4) is 0 Å². The number of hydrogen-bond donors (Lipinski definition) is 1. The van der Waals surface area contributed by atoms with Gasteiger partial charge in [-0.15, -0.1) is 0 Å². The number of nitrogens with zero attached hydrogens (tertiary/aromatic N) is 1. The molecule has 2 amide bonds. The molecule has 0 spiro atoms. The number of rotatable bonds is 8. The highest BCUT2D eigenvalue weighted by molar-refractivity contribution is 5.95. The molecular weight excluding hydrogens is 344 g/mol. The Balaban J connectivity index is 1.97. The van der Waals surface area contributed by atoms with Gasteiger partial charge in [-0.3, -0.25) is 24.8 Å². The van der Waals surface area contributed by atoms with Gasteiger partial charge in [-0.1, -0.05) is 55.5 Å². The Bertz CT molecular complexity index is 747. The predicted molar refractivity (Wildman–Crippen MR) is 102 cm³/mol. The van der Waals surface area contributed by atoms with Crippen LogP contribution in [0.25, 0.3) is 0 Å². The summed E-state index contributed by atoms with van der Waals surface area (Å²) in [5.41, 5.74) is 4.10. The van der Waals surface area contributed by atoms with Crippen molar-refractivity contribution in [2.75, 3.05) is 13.2 Å². The SMILES string of the molecule is CCC(=O)OCCN(NC(=O)c1ccccc1)C(=O)CCc1ccccc1. The van der Waals surface area contributed by atoms with Gasteiger partial charge in [-0.25, -0.2) is 0 Å². The molecule has 2 aromatic carbocycles. The average molecular weight is 368 g/mol. The normalized spacial score (nSPS) is 10.1. The smallest absolute Gasteiger partial charge is 0.305 e. The molecule has 27 heavy (non-hydrogen) atoms. The first kappa shape index (κ1) is 20.2. The van der Waals surface area contributed by atoms with E-state index in [1.165, 1.54) is 5.01 Å². The zero-order valence-corrected chi connectivity index (χ0v) is 15.4. The first-order chi connectivity index (χ1) is 13.1. The Labute approximate surface area is 159 Å². The summed E-state index contributed by atoms with van der Waals surface area (Å²) in [7, 11) is 0. The second kappa shape index (κ2) is 10.8. The van der Waals surface area contributed by atoms with E-state index in [9.17, 15) is 14.4 Å². The first-order valence-corrected chi connectivity index (χ1v) is 8.96. The lowest BCUT2D eigenvalue weighted by atomic mass is 10.1. The Kier molecular flexibility index (Phi) is 8.03. The van der Waals surface area contributed by atoms with Crippen LogP contribution in [-0.4, -0.2) is 35.9 Å². The van der Waals surface area contributed by atoms with Crippen LogP contribution in [-0.2, 0) is 20.7 Å². The van der Waals surface area contributed by atoms with Crippen molar-refractivity contribution in [3.05, 3.63) is 71.8 Å². The molecule has 1 N–H and O–H groups in total. The highest BCUT2D eigenvalue weighted by Gasteiger charge is 2.17. The van der Waals surface area contributed by atoms with Gasteiger partial charge in [0.05, 0.1) is 6.54 Å². The van der Waals surface area contributed by atoms with E-state index in [-0.39, 0.29) is 43.8 Å². The second-order valence-corrected chi connectivity index (χ2v) is 5.91. The van der Waals surface area contributed by atoms with E-state index in [0.717, 1.165) is 5.56 Å². The number of carbonyl (C=O) groups excluding carboxylic acids is 3. The first-order valence-electron chi connectivity index (χ1n) is 8.96. The van der Waals surface area contributed by atoms with Gasteiger partial charge in [-0.2, -0.15) is 0 Å². The quantitative estimate of drug-likeness (QED) is 0.574. The Morgan fingerprint density at radius 2 is 1.59 bits per heavy atom. The van der Waals surface area contributed by atoms with Gasteiger partial charge in [0.15, 0.2) is 0 Å². The Morgan fingerprint density at radius 3 is 2.22 bits per heavy atom. The van der Waals surface area contributed by atoms with Gasteiger partial charge in [0, 0.05) is 18.4 Å². The number of esters is 1. The molecule has 0 aliphatic heterocycles. The minimum Gasteiger partial charge on any atom is -0.464 e. The van der Waals surface area contributed by atoms with Gasteiger partial charge in [0.25, 0.3) is 5.91 Å². The van der Waals surface area contributed by atoms with Crippen LogP contribution in [0.5, 0.6) is 0 Å². The molecule has 0 bridgehead atoms. The van der Waals surface area contributed by atoms with E-state index < -0.39 is 0 Å². The molecule has 0 radical (unpaired) electrons. The van der Waals surface area contributed by atoms with E-state index >= 15 is 0 Å². The number of benzene rings is 2. The van der Waals surface area contributed by atoms with Crippen LogP contribution in [0.2, 0.25) is 0 Å². The molecule has 6 nitrogen and oxygen atoms in total. The zero-order valence-electron chi connectivity index (χ0n) is 15.4. The van der Waals surface area contributed by atoms with Gasteiger partial charge in [0.1, 0.15) is 6.61 Å². The molecule has 0 heterocycles. The summed E-state index contributed by atoms with van der Waals surface area (Å²) >= 11 is 0. The minimum atomic E-state index is -0.384. The lowest BCUT2D eigenvalue weighted by Gasteiger charge is -2.23. The molecule has 142 valence electrons. The second-order valence-electron chi connectivity index (χ2n) is 5.91. The average Bonchev–Trinajstić information content (AvgIpc) is 2.72. The molecule has 0 saturated heterocycles. The van der Waals surface area contributed by atoms with Crippen molar-refractivity contribution in [3.63, 3.8) is 0 Å². The topological polar surface area (TPSA) is 75.7 Å². The lowest BCUT2D eigenvalue weighted by Crippen LogP contribution is -2.48. The van der Waals surface area contributed by atoms with Crippen molar-refractivity contribution >= 4 is 17.8 Å². The third-order valence-electron chi connectivity index (χ3n) is 3.91. The highest BCUT2D eigenvalue weighted by Crippen LogP contribution is 2.05. The van der Waals surface area contributed by atoms with Crippen LogP contribution in [0.15, 0.2) is 60.7 Å². The molecule has 0 saturated carbocycles. The monoisotopic (exact) mass is 368 g/mol. The highest BCUT2D eigenvalue weighted by atomic mass is 16.5. The van der Waals surface area contributed by atoms with Crippen LogP contribution in [0.1, 0.15) is 35.7 Å². The summed E-state index contributed by atoms with van der Waals surface area (Å²) < 4.78 is 5.04. The molecule has 2 aromatic rings. The number of amides is 2. The van der Waals surface area contributed by atoms with Gasteiger partial charge in [0.2, 0.25) is 5.91 Å². The summed E-state index contributed by atoms with van der Waals surface area (Å²) in [6, 6.07) is 18.3. The Morgan fingerprint density at radius 1 is 0.963 bits per heavy atom. The fourth-order valence-corrected chi connectivity index (χ4v) is 2.40. The zero-order chi connectivity index (χ0) is 19.5. The van der Waals surface area contributed by atoms with Crippen LogP contribution < -0.4 is 5.43 Å². The maximum atomic E-state index is 12.6. The van der Waals surface area contributed by atoms with Gasteiger partial charge in [-0.05, 0) is 24.1 Å². The molecule has 6 heteroatoms. The van der Waals surface area contributed by atoms with Crippen molar-refractivity contribution in [1.29, 1.82) is 0 Å². The molecule has 0 aromatic heterocycles. The number of nitrogens with one attached hydrogen (secondary N) is 1. The van der Waals surface area contributed by atoms with Crippen molar-refractivity contribution in [2.45, 2.75) is 26.2 Å². The number of hydrogen-bond acceptors (Lipinski definition) is 4. The van der Waals surface area contributed by atoms with Crippen molar-refractivity contribution < 1.29 is 19.1 Å². The number of aryl methyl sites for hydroxylation is 1. The van der Waals surface area contributed by atoms with E-state index in [2.05, 4.69) is 5.43 Å². The van der Waals surface area contributed by atoms with Crippen LogP contribution in [0.4, 0.5) is 0 Å². The van der Waals surface area contributed by atoms with Crippen molar-refractivity contribution in [2.24, 2.45) is 0 Å². The van der Waals surface area contributed by atoms with Crippen LogP contribution in [0.3, 0.4) is 0 Å². The Hall–Kier alpha value is -3.15. The largest absolute Gasteiger partial charge is 0.464 e. The maximum Gasteiger partial charge on any atom is 0.305 e. The van der Waals surface area contributed by atoms with E-state index in [1.807, 2.05) is 36.4 Å². The predicted octanol–water partition coefficient (Wildman–Crippen LogP) is 2.75. The van der Waals surface area contributed by atoms with E-state index in [1.54, 1.807) is 31.2 Å². The fourth-order valence-electron chi connectivity index (χ4n) is 2.40.